The summed E-state index contributed by atoms with van der Waals surface area (Å²) in [5, 5.41) is 6.91. The van der Waals surface area contributed by atoms with Gasteiger partial charge in [-0.1, -0.05) is 13.8 Å². The largest absolute Gasteiger partial charge is 0.305 e. The first kappa shape index (κ1) is 11.1. The van der Waals surface area contributed by atoms with Crippen LogP contribution < -0.4 is 5.32 Å². The average molecular weight is 224 g/mol. The summed E-state index contributed by atoms with van der Waals surface area (Å²) in [6.07, 6.45) is 4.57. The second kappa shape index (κ2) is 4.62. The van der Waals surface area contributed by atoms with Crippen LogP contribution in [0.15, 0.2) is 11.6 Å². The molecule has 1 fully saturated rings. The standard InChI is InChI=1S/C12H20N2S/c1-8(2)10-6-11(7-10)14-9(3)12-13-4-5-15-12/h4-5,8-11,14H,6-7H2,1-3H3. The second-order valence-corrected chi connectivity index (χ2v) is 5.86. The third-order valence-electron chi connectivity index (χ3n) is 3.42. The van der Waals surface area contributed by atoms with E-state index in [-0.39, 0.29) is 0 Å². The number of rotatable bonds is 4. The number of thiazole rings is 1. The molecule has 2 nitrogen and oxygen atoms in total. The van der Waals surface area contributed by atoms with Gasteiger partial charge in [-0.2, -0.15) is 0 Å². The average Bonchev–Trinajstić information content (AvgIpc) is 2.61. The van der Waals surface area contributed by atoms with Gasteiger partial charge < -0.3 is 5.32 Å². The lowest BCUT2D eigenvalue weighted by molar-refractivity contribution is 0.159. The molecular weight excluding hydrogens is 204 g/mol. The molecule has 0 bridgehead atoms. The van der Waals surface area contributed by atoms with Crippen molar-refractivity contribution in [2.75, 3.05) is 0 Å². The van der Waals surface area contributed by atoms with E-state index >= 15 is 0 Å². The Balaban J connectivity index is 1.76. The zero-order valence-electron chi connectivity index (χ0n) is 9.73. The first-order valence-corrected chi connectivity index (χ1v) is 6.70. The van der Waals surface area contributed by atoms with Crippen molar-refractivity contribution in [3.63, 3.8) is 0 Å². The predicted molar refractivity (Wildman–Crippen MR) is 65.0 cm³/mol. The Morgan fingerprint density at radius 2 is 2.13 bits per heavy atom. The van der Waals surface area contributed by atoms with Crippen LogP contribution in [0.2, 0.25) is 0 Å². The van der Waals surface area contributed by atoms with E-state index in [0.29, 0.717) is 6.04 Å². The zero-order valence-corrected chi connectivity index (χ0v) is 10.6. The maximum Gasteiger partial charge on any atom is 0.109 e. The van der Waals surface area contributed by atoms with E-state index in [1.165, 1.54) is 17.8 Å². The van der Waals surface area contributed by atoms with E-state index in [1.807, 2.05) is 11.6 Å². The van der Waals surface area contributed by atoms with Crippen LogP contribution in [0.25, 0.3) is 0 Å². The Morgan fingerprint density at radius 1 is 1.40 bits per heavy atom. The van der Waals surface area contributed by atoms with E-state index in [2.05, 4.69) is 31.1 Å². The molecule has 1 heterocycles. The minimum absolute atomic E-state index is 0.420. The van der Waals surface area contributed by atoms with Gasteiger partial charge in [0.1, 0.15) is 5.01 Å². The Labute approximate surface area is 96.1 Å². The first-order valence-electron chi connectivity index (χ1n) is 5.82. The van der Waals surface area contributed by atoms with Crippen LogP contribution >= 0.6 is 11.3 Å². The molecule has 0 radical (unpaired) electrons. The molecule has 0 aromatic carbocycles. The molecule has 0 spiro atoms. The molecule has 0 saturated heterocycles. The summed E-state index contributed by atoms with van der Waals surface area (Å²) < 4.78 is 0. The summed E-state index contributed by atoms with van der Waals surface area (Å²) in [4.78, 5) is 4.34. The van der Waals surface area contributed by atoms with Crippen molar-refractivity contribution in [1.82, 2.24) is 10.3 Å². The molecule has 3 heteroatoms. The fraction of sp³-hybridized carbons (Fsp3) is 0.750. The van der Waals surface area contributed by atoms with Crippen LogP contribution in [0, 0.1) is 11.8 Å². The fourth-order valence-electron chi connectivity index (χ4n) is 2.22. The second-order valence-electron chi connectivity index (χ2n) is 4.93. The lowest BCUT2D eigenvalue weighted by Crippen LogP contribution is -2.43. The highest BCUT2D eigenvalue weighted by molar-refractivity contribution is 7.09. The molecule has 84 valence electrons. The Hall–Kier alpha value is -0.410. The lowest BCUT2D eigenvalue weighted by Gasteiger charge is -2.39. The van der Waals surface area contributed by atoms with E-state index in [4.69, 9.17) is 0 Å². The van der Waals surface area contributed by atoms with Gasteiger partial charge in [-0.25, -0.2) is 4.98 Å². The number of nitrogens with one attached hydrogen (secondary N) is 1. The topological polar surface area (TPSA) is 24.9 Å². The van der Waals surface area contributed by atoms with Crippen molar-refractivity contribution in [2.45, 2.75) is 45.7 Å². The summed E-state index contributed by atoms with van der Waals surface area (Å²) in [6.45, 7) is 6.86. The summed E-state index contributed by atoms with van der Waals surface area (Å²) in [7, 11) is 0. The van der Waals surface area contributed by atoms with Crippen LogP contribution in [-0.4, -0.2) is 11.0 Å². The van der Waals surface area contributed by atoms with Gasteiger partial charge in [0.15, 0.2) is 0 Å². The molecule has 0 amide bonds. The molecule has 15 heavy (non-hydrogen) atoms. The Kier molecular flexibility index (Phi) is 3.42. The van der Waals surface area contributed by atoms with Gasteiger partial charge in [0, 0.05) is 17.6 Å². The SMILES string of the molecule is CC(NC1CC(C(C)C)C1)c1nccs1. The molecule has 1 aliphatic carbocycles. The van der Waals surface area contributed by atoms with Gasteiger partial charge in [-0.05, 0) is 31.6 Å². The molecule has 1 aliphatic rings. The molecular formula is C12H20N2S. The van der Waals surface area contributed by atoms with E-state index in [9.17, 15) is 0 Å². The molecule has 0 aliphatic heterocycles. The van der Waals surface area contributed by atoms with Gasteiger partial charge in [-0.3, -0.25) is 0 Å². The van der Waals surface area contributed by atoms with Gasteiger partial charge in [0.25, 0.3) is 0 Å². The first-order chi connectivity index (χ1) is 7.16. The normalized spacial score (nSPS) is 27.7. The highest BCUT2D eigenvalue weighted by atomic mass is 32.1. The Morgan fingerprint density at radius 3 is 2.67 bits per heavy atom. The third kappa shape index (κ3) is 2.58. The summed E-state index contributed by atoms with van der Waals surface area (Å²) >= 11 is 1.74. The van der Waals surface area contributed by atoms with Gasteiger partial charge >= 0.3 is 0 Å². The predicted octanol–water partition coefficient (Wildman–Crippen LogP) is 3.23. The number of hydrogen-bond donors (Lipinski definition) is 1. The van der Waals surface area contributed by atoms with Crippen molar-refractivity contribution in [3.05, 3.63) is 16.6 Å². The molecule has 1 atom stereocenters. The Bertz CT molecular complexity index is 289. The summed E-state index contributed by atoms with van der Waals surface area (Å²) in [5.74, 6) is 1.78. The number of aromatic nitrogens is 1. The van der Waals surface area contributed by atoms with E-state index in [1.54, 1.807) is 11.3 Å². The molecule has 1 saturated carbocycles. The maximum atomic E-state index is 4.34. The van der Waals surface area contributed by atoms with E-state index < -0.39 is 0 Å². The number of nitrogens with zero attached hydrogens (tertiary/aromatic N) is 1. The molecule has 1 aromatic heterocycles. The molecule has 1 N–H and O–H groups in total. The van der Waals surface area contributed by atoms with Crippen molar-refractivity contribution in [2.24, 2.45) is 11.8 Å². The maximum absolute atomic E-state index is 4.34. The lowest BCUT2D eigenvalue weighted by atomic mass is 9.73. The van der Waals surface area contributed by atoms with Crippen LogP contribution in [0.4, 0.5) is 0 Å². The monoisotopic (exact) mass is 224 g/mol. The van der Waals surface area contributed by atoms with Crippen molar-refractivity contribution >= 4 is 11.3 Å². The molecule has 1 unspecified atom stereocenters. The van der Waals surface area contributed by atoms with Crippen molar-refractivity contribution < 1.29 is 0 Å². The highest BCUT2D eigenvalue weighted by Gasteiger charge is 2.31. The highest BCUT2D eigenvalue weighted by Crippen LogP contribution is 2.34. The fourth-order valence-corrected chi connectivity index (χ4v) is 2.87. The third-order valence-corrected chi connectivity index (χ3v) is 4.38. The van der Waals surface area contributed by atoms with Gasteiger partial charge in [-0.15, -0.1) is 11.3 Å². The molecule has 2 rings (SSSR count). The zero-order chi connectivity index (χ0) is 10.8. The minimum atomic E-state index is 0.420. The van der Waals surface area contributed by atoms with Gasteiger partial charge in [0.05, 0.1) is 6.04 Å². The molecule has 1 aromatic rings. The quantitative estimate of drug-likeness (QED) is 0.849. The van der Waals surface area contributed by atoms with Gasteiger partial charge in [0.2, 0.25) is 0 Å². The van der Waals surface area contributed by atoms with E-state index in [0.717, 1.165) is 17.9 Å². The smallest absolute Gasteiger partial charge is 0.109 e. The summed E-state index contributed by atoms with van der Waals surface area (Å²) in [6, 6.07) is 1.14. The summed E-state index contributed by atoms with van der Waals surface area (Å²) in [5.41, 5.74) is 0. The van der Waals surface area contributed by atoms with Crippen molar-refractivity contribution in [1.29, 1.82) is 0 Å². The van der Waals surface area contributed by atoms with Crippen molar-refractivity contribution in [3.8, 4) is 0 Å². The minimum Gasteiger partial charge on any atom is -0.305 e. The van der Waals surface area contributed by atoms with Crippen LogP contribution in [0.1, 0.15) is 44.7 Å². The van der Waals surface area contributed by atoms with Crippen LogP contribution in [0.3, 0.4) is 0 Å². The van der Waals surface area contributed by atoms with Crippen LogP contribution in [-0.2, 0) is 0 Å². The number of hydrogen-bond acceptors (Lipinski definition) is 3. The van der Waals surface area contributed by atoms with Crippen LogP contribution in [0.5, 0.6) is 0 Å².